The van der Waals surface area contributed by atoms with Crippen LogP contribution in [0.2, 0.25) is 0 Å². The lowest BCUT2D eigenvalue weighted by Crippen LogP contribution is -2.10. The van der Waals surface area contributed by atoms with E-state index in [1.165, 1.54) is 16.3 Å². The van der Waals surface area contributed by atoms with Crippen LogP contribution in [0.4, 0.5) is 0 Å². The van der Waals surface area contributed by atoms with E-state index in [1.807, 2.05) is 12.1 Å². The van der Waals surface area contributed by atoms with Crippen molar-refractivity contribution in [1.29, 1.82) is 0 Å². The Bertz CT molecular complexity index is 732. The first-order valence-corrected chi connectivity index (χ1v) is 6.88. The first-order valence-electron chi connectivity index (χ1n) is 6.09. The number of halogens is 1. The number of hydrogen-bond donors (Lipinski definition) is 0. The van der Waals surface area contributed by atoms with Crippen molar-refractivity contribution in [3.63, 3.8) is 0 Å². The Hall–Kier alpha value is -1.28. The van der Waals surface area contributed by atoms with E-state index in [4.69, 9.17) is 4.42 Å². The molecule has 18 heavy (non-hydrogen) atoms. The normalized spacial score (nSPS) is 12.4. The highest BCUT2D eigenvalue weighted by Crippen LogP contribution is 2.38. The Morgan fingerprint density at radius 2 is 1.50 bits per heavy atom. The van der Waals surface area contributed by atoms with Crippen molar-refractivity contribution < 1.29 is 4.42 Å². The van der Waals surface area contributed by atoms with Crippen molar-refractivity contribution in [3.05, 3.63) is 46.4 Å². The predicted octanol–water partition coefficient (Wildman–Crippen LogP) is 5.65. The zero-order chi connectivity index (χ0) is 12.9. The number of furan rings is 1. The van der Waals surface area contributed by atoms with Gasteiger partial charge in [0.1, 0.15) is 11.2 Å². The SMILES string of the molecule is CC(C)(C)c1cccc2c1oc1c(Br)cccc12. The van der Waals surface area contributed by atoms with Crippen LogP contribution in [0, 0.1) is 0 Å². The molecule has 0 saturated carbocycles. The third-order valence-corrected chi connectivity index (χ3v) is 3.91. The largest absolute Gasteiger partial charge is 0.455 e. The van der Waals surface area contributed by atoms with Crippen molar-refractivity contribution >= 4 is 37.9 Å². The fourth-order valence-corrected chi connectivity index (χ4v) is 2.82. The second-order valence-corrected chi connectivity index (χ2v) is 6.51. The van der Waals surface area contributed by atoms with Crippen LogP contribution in [-0.4, -0.2) is 0 Å². The summed E-state index contributed by atoms with van der Waals surface area (Å²) in [4.78, 5) is 0. The highest BCUT2D eigenvalue weighted by Gasteiger charge is 2.20. The van der Waals surface area contributed by atoms with E-state index in [0.717, 1.165) is 15.6 Å². The van der Waals surface area contributed by atoms with Crippen molar-refractivity contribution in [1.82, 2.24) is 0 Å². The molecule has 0 saturated heterocycles. The Balaban J connectivity index is 2.50. The van der Waals surface area contributed by atoms with Crippen LogP contribution >= 0.6 is 15.9 Å². The number of para-hydroxylation sites is 2. The third kappa shape index (κ3) is 1.67. The summed E-state index contributed by atoms with van der Waals surface area (Å²) < 4.78 is 7.10. The molecule has 0 amide bonds. The molecule has 3 rings (SSSR count). The van der Waals surface area contributed by atoms with Crippen LogP contribution in [0.15, 0.2) is 45.3 Å². The minimum Gasteiger partial charge on any atom is -0.455 e. The monoisotopic (exact) mass is 302 g/mol. The van der Waals surface area contributed by atoms with Gasteiger partial charge in [-0.1, -0.05) is 51.1 Å². The van der Waals surface area contributed by atoms with Gasteiger partial charge < -0.3 is 4.42 Å². The predicted molar refractivity (Wildman–Crippen MR) is 80.1 cm³/mol. The summed E-state index contributed by atoms with van der Waals surface area (Å²) in [5, 5.41) is 2.37. The highest BCUT2D eigenvalue weighted by molar-refractivity contribution is 9.10. The molecule has 3 aromatic rings. The molecule has 0 N–H and O–H groups in total. The van der Waals surface area contributed by atoms with Gasteiger partial charge in [-0.2, -0.15) is 0 Å². The minimum atomic E-state index is 0.0832. The average Bonchev–Trinajstić information content (AvgIpc) is 2.68. The lowest BCUT2D eigenvalue weighted by atomic mass is 9.86. The van der Waals surface area contributed by atoms with E-state index in [1.54, 1.807) is 0 Å². The number of rotatable bonds is 0. The molecule has 0 unspecified atom stereocenters. The standard InChI is InChI=1S/C16H15BrO/c1-16(2,3)12-8-4-6-10-11-7-5-9-13(17)15(11)18-14(10)12/h4-9H,1-3H3. The van der Waals surface area contributed by atoms with E-state index in [-0.39, 0.29) is 5.41 Å². The topological polar surface area (TPSA) is 13.1 Å². The van der Waals surface area contributed by atoms with Crippen molar-refractivity contribution in [2.75, 3.05) is 0 Å². The molecule has 2 heteroatoms. The molecule has 0 aliphatic carbocycles. The fraction of sp³-hybridized carbons (Fsp3) is 0.250. The molecule has 0 radical (unpaired) electrons. The zero-order valence-electron chi connectivity index (χ0n) is 10.8. The lowest BCUT2D eigenvalue weighted by Gasteiger charge is -2.18. The molecule has 92 valence electrons. The zero-order valence-corrected chi connectivity index (χ0v) is 12.3. The molecule has 0 aliphatic heterocycles. The van der Waals surface area contributed by atoms with Crippen molar-refractivity contribution in [2.24, 2.45) is 0 Å². The van der Waals surface area contributed by atoms with E-state index >= 15 is 0 Å². The third-order valence-electron chi connectivity index (χ3n) is 3.28. The van der Waals surface area contributed by atoms with Crippen LogP contribution in [0.25, 0.3) is 21.9 Å². The molecule has 0 bridgehead atoms. The quantitative estimate of drug-likeness (QED) is 0.523. The molecule has 2 aromatic carbocycles. The summed E-state index contributed by atoms with van der Waals surface area (Å²) >= 11 is 3.56. The van der Waals surface area contributed by atoms with Gasteiger partial charge in [0.15, 0.2) is 0 Å². The van der Waals surface area contributed by atoms with Gasteiger partial charge in [0.25, 0.3) is 0 Å². The summed E-state index contributed by atoms with van der Waals surface area (Å²) in [7, 11) is 0. The summed E-state index contributed by atoms with van der Waals surface area (Å²) in [6, 6.07) is 12.6. The molecule has 1 aromatic heterocycles. The first kappa shape index (κ1) is 11.8. The molecular formula is C16H15BrO. The van der Waals surface area contributed by atoms with Crippen LogP contribution in [0.5, 0.6) is 0 Å². The van der Waals surface area contributed by atoms with Crippen LogP contribution in [-0.2, 0) is 5.41 Å². The fourth-order valence-electron chi connectivity index (χ4n) is 2.38. The van der Waals surface area contributed by atoms with Crippen molar-refractivity contribution in [2.45, 2.75) is 26.2 Å². The molecule has 0 fully saturated rings. The van der Waals surface area contributed by atoms with Crippen LogP contribution < -0.4 is 0 Å². The maximum Gasteiger partial charge on any atom is 0.149 e. The van der Waals surface area contributed by atoms with E-state index in [9.17, 15) is 0 Å². The van der Waals surface area contributed by atoms with Gasteiger partial charge >= 0.3 is 0 Å². The maximum atomic E-state index is 6.09. The van der Waals surface area contributed by atoms with E-state index < -0.39 is 0 Å². The summed E-state index contributed by atoms with van der Waals surface area (Å²) in [6.45, 7) is 6.64. The van der Waals surface area contributed by atoms with Gasteiger partial charge in [0, 0.05) is 16.3 Å². The van der Waals surface area contributed by atoms with E-state index in [0.29, 0.717) is 0 Å². The molecular weight excluding hydrogens is 288 g/mol. The van der Waals surface area contributed by atoms with Gasteiger partial charge in [-0.15, -0.1) is 0 Å². The second-order valence-electron chi connectivity index (χ2n) is 5.65. The minimum absolute atomic E-state index is 0.0832. The Kier molecular flexibility index (Phi) is 2.53. The molecule has 0 spiro atoms. The van der Waals surface area contributed by atoms with Gasteiger partial charge in [0.05, 0.1) is 4.47 Å². The smallest absolute Gasteiger partial charge is 0.149 e. The van der Waals surface area contributed by atoms with Gasteiger partial charge in [-0.05, 0) is 27.4 Å². The second kappa shape index (κ2) is 3.86. The maximum absolute atomic E-state index is 6.09. The number of hydrogen-bond acceptors (Lipinski definition) is 1. The number of benzene rings is 2. The van der Waals surface area contributed by atoms with Crippen LogP contribution in [0.1, 0.15) is 26.3 Å². The van der Waals surface area contributed by atoms with Crippen molar-refractivity contribution in [3.8, 4) is 0 Å². The number of fused-ring (bicyclic) bond motifs is 3. The Labute approximate surface area is 115 Å². The Morgan fingerprint density at radius 1 is 0.889 bits per heavy atom. The molecule has 0 aliphatic rings. The van der Waals surface area contributed by atoms with Gasteiger partial charge in [0.2, 0.25) is 0 Å². The highest BCUT2D eigenvalue weighted by atomic mass is 79.9. The molecule has 1 heterocycles. The molecule has 1 nitrogen and oxygen atoms in total. The average molecular weight is 303 g/mol. The Morgan fingerprint density at radius 3 is 2.17 bits per heavy atom. The van der Waals surface area contributed by atoms with Gasteiger partial charge in [-0.3, -0.25) is 0 Å². The van der Waals surface area contributed by atoms with Gasteiger partial charge in [-0.25, -0.2) is 0 Å². The summed E-state index contributed by atoms with van der Waals surface area (Å²) in [5.74, 6) is 0. The summed E-state index contributed by atoms with van der Waals surface area (Å²) in [6.07, 6.45) is 0. The molecule has 0 atom stereocenters. The lowest BCUT2D eigenvalue weighted by molar-refractivity contribution is 0.572. The van der Waals surface area contributed by atoms with E-state index in [2.05, 4.69) is 61.0 Å². The first-order chi connectivity index (χ1) is 8.48. The summed E-state index contributed by atoms with van der Waals surface area (Å²) in [5.41, 5.74) is 3.28. The van der Waals surface area contributed by atoms with Crippen LogP contribution in [0.3, 0.4) is 0 Å².